The summed E-state index contributed by atoms with van der Waals surface area (Å²) >= 11 is 0. The van der Waals surface area contributed by atoms with Gasteiger partial charge in [-0.05, 0) is 50.9 Å². The van der Waals surface area contributed by atoms with Crippen molar-refractivity contribution in [2.45, 2.75) is 50.9 Å². The van der Waals surface area contributed by atoms with E-state index in [1.165, 1.54) is 0 Å². The molecule has 0 aromatic carbocycles. The first-order valence-electron chi connectivity index (χ1n) is 9.24. The van der Waals surface area contributed by atoms with E-state index in [2.05, 4.69) is 20.6 Å². The third kappa shape index (κ3) is 2.40. The molecule has 0 saturated heterocycles. The number of hydrogen-bond donors (Lipinski definition) is 1. The lowest BCUT2D eigenvalue weighted by Gasteiger charge is -2.27. The Bertz CT molecular complexity index is 821. The van der Waals surface area contributed by atoms with Gasteiger partial charge in [0, 0.05) is 13.0 Å². The van der Waals surface area contributed by atoms with Crippen LogP contribution >= 0.6 is 0 Å². The summed E-state index contributed by atoms with van der Waals surface area (Å²) in [6.07, 6.45) is 7.39. The number of hydrogen-bond acceptors (Lipinski definition) is 5. The molecule has 2 bridgehead atoms. The quantitative estimate of drug-likeness (QED) is 0.924. The minimum Gasteiger partial charge on any atom is -0.339 e. The third-order valence-corrected chi connectivity index (χ3v) is 6.40. The van der Waals surface area contributed by atoms with E-state index in [1.54, 1.807) is 10.9 Å². The number of rotatable bonds is 4. The molecule has 1 amide bonds. The maximum absolute atomic E-state index is 13.1. The van der Waals surface area contributed by atoms with Gasteiger partial charge in [0.2, 0.25) is 11.8 Å². The van der Waals surface area contributed by atoms with E-state index < -0.39 is 0 Å². The number of nitrogens with zero attached hydrogens (tertiary/aromatic N) is 4. The van der Waals surface area contributed by atoms with Gasteiger partial charge in [0.25, 0.3) is 0 Å². The summed E-state index contributed by atoms with van der Waals surface area (Å²) in [5.74, 6) is 2.95. The standard InChI is InChI=1S/C18H23N5O2/c1-9-13(8-19-23(9)2)20-17(24)14-11-5-6-12(7-11)15(14)18-21-16(22-25-18)10-3-4-10/h8,10-12,14-15H,3-7H2,1-2H3,(H,20,24)/t11-,12+,14-,15-/m0/s1. The highest BCUT2D eigenvalue weighted by Crippen LogP contribution is 2.56. The largest absolute Gasteiger partial charge is 0.339 e. The summed E-state index contributed by atoms with van der Waals surface area (Å²) in [4.78, 5) is 17.7. The first kappa shape index (κ1) is 15.1. The average Bonchev–Trinajstić information content (AvgIpc) is 2.97. The fraction of sp³-hybridized carbons (Fsp3) is 0.667. The summed E-state index contributed by atoms with van der Waals surface area (Å²) in [6.45, 7) is 1.96. The van der Waals surface area contributed by atoms with Crippen LogP contribution in [0.4, 0.5) is 5.69 Å². The molecule has 4 atom stereocenters. The lowest BCUT2D eigenvalue weighted by Crippen LogP contribution is -2.33. The van der Waals surface area contributed by atoms with Crippen molar-refractivity contribution in [1.29, 1.82) is 0 Å². The van der Waals surface area contributed by atoms with Crippen molar-refractivity contribution in [1.82, 2.24) is 19.9 Å². The van der Waals surface area contributed by atoms with Crippen molar-refractivity contribution in [3.63, 3.8) is 0 Å². The fourth-order valence-electron chi connectivity index (χ4n) is 4.75. The van der Waals surface area contributed by atoms with E-state index in [0.717, 1.165) is 49.3 Å². The molecular formula is C18H23N5O2. The van der Waals surface area contributed by atoms with Crippen LogP contribution in [0.1, 0.15) is 61.3 Å². The van der Waals surface area contributed by atoms with Crippen LogP contribution in [0.25, 0.3) is 0 Å². The Morgan fingerprint density at radius 2 is 2.08 bits per heavy atom. The maximum Gasteiger partial charge on any atom is 0.230 e. The number of aromatic nitrogens is 4. The van der Waals surface area contributed by atoms with Gasteiger partial charge in [-0.15, -0.1) is 0 Å². The van der Waals surface area contributed by atoms with Crippen molar-refractivity contribution >= 4 is 11.6 Å². The highest BCUT2D eigenvalue weighted by molar-refractivity contribution is 5.94. The molecule has 3 saturated carbocycles. The summed E-state index contributed by atoms with van der Waals surface area (Å²) in [7, 11) is 1.88. The fourth-order valence-corrected chi connectivity index (χ4v) is 4.75. The number of anilines is 1. The minimum absolute atomic E-state index is 0.0655. The van der Waals surface area contributed by atoms with E-state index in [-0.39, 0.29) is 17.7 Å². The first-order chi connectivity index (χ1) is 12.1. The van der Waals surface area contributed by atoms with Crippen LogP contribution in [-0.2, 0) is 11.8 Å². The average molecular weight is 341 g/mol. The van der Waals surface area contributed by atoms with Crippen LogP contribution in [0.2, 0.25) is 0 Å². The number of carbonyl (C=O) groups is 1. The lowest BCUT2D eigenvalue weighted by atomic mass is 9.78. The van der Waals surface area contributed by atoms with Gasteiger partial charge in [0.15, 0.2) is 5.82 Å². The summed E-state index contributed by atoms with van der Waals surface area (Å²) in [5, 5.41) is 11.5. The Morgan fingerprint density at radius 3 is 2.80 bits per heavy atom. The Balaban J connectivity index is 1.41. The molecule has 25 heavy (non-hydrogen) atoms. The van der Waals surface area contributed by atoms with Gasteiger partial charge in [-0.25, -0.2) is 0 Å². The van der Waals surface area contributed by atoms with Gasteiger partial charge in [0.1, 0.15) is 0 Å². The van der Waals surface area contributed by atoms with Gasteiger partial charge >= 0.3 is 0 Å². The zero-order valence-electron chi connectivity index (χ0n) is 14.6. The number of aryl methyl sites for hydroxylation is 1. The summed E-state index contributed by atoms with van der Waals surface area (Å²) in [6, 6.07) is 0. The Labute approximate surface area is 146 Å². The molecule has 132 valence electrons. The van der Waals surface area contributed by atoms with E-state index in [9.17, 15) is 4.79 Å². The number of carbonyl (C=O) groups excluding carboxylic acids is 1. The van der Waals surface area contributed by atoms with E-state index in [0.29, 0.717) is 23.6 Å². The molecule has 0 radical (unpaired) electrons. The van der Waals surface area contributed by atoms with E-state index in [4.69, 9.17) is 4.52 Å². The number of fused-ring (bicyclic) bond motifs is 2. The van der Waals surface area contributed by atoms with E-state index in [1.807, 2.05) is 14.0 Å². The van der Waals surface area contributed by atoms with Crippen LogP contribution < -0.4 is 5.32 Å². The molecule has 7 heteroatoms. The van der Waals surface area contributed by atoms with Crippen LogP contribution in [0.3, 0.4) is 0 Å². The molecule has 0 aliphatic heterocycles. The molecule has 2 aromatic heterocycles. The monoisotopic (exact) mass is 341 g/mol. The molecule has 0 spiro atoms. The van der Waals surface area contributed by atoms with Gasteiger partial charge in [-0.2, -0.15) is 10.1 Å². The predicted molar refractivity (Wildman–Crippen MR) is 89.9 cm³/mol. The molecule has 1 N–H and O–H groups in total. The molecule has 3 fully saturated rings. The van der Waals surface area contributed by atoms with Crippen molar-refractivity contribution in [2.24, 2.45) is 24.8 Å². The minimum atomic E-state index is -0.0779. The van der Waals surface area contributed by atoms with Crippen molar-refractivity contribution < 1.29 is 9.32 Å². The van der Waals surface area contributed by atoms with Gasteiger partial charge in [0.05, 0.1) is 29.4 Å². The Kier molecular flexibility index (Phi) is 3.27. The van der Waals surface area contributed by atoms with Gasteiger partial charge in [-0.3, -0.25) is 9.48 Å². The molecule has 3 aliphatic rings. The predicted octanol–water partition coefficient (Wildman–Crippen LogP) is 2.76. The maximum atomic E-state index is 13.1. The van der Waals surface area contributed by atoms with Gasteiger partial charge < -0.3 is 9.84 Å². The second-order valence-corrected chi connectivity index (χ2v) is 7.91. The SMILES string of the molecule is Cc1c(NC(=O)[C@H]2[C@H]3CC[C@H](C3)[C@@H]2c2nc(C3CC3)no2)cnn1C. The first-order valence-corrected chi connectivity index (χ1v) is 9.24. The number of amides is 1. The molecule has 0 unspecified atom stereocenters. The topological polar surface area (TPSA) is 85.8 Å². The van der Waals surface area contributed by atoms with E-state index >= 15 is 0 Å². The molecule has 3 aliphatic carbocycles. The Morgan fingerprint density at radius 1 is 1.28 bits per heavy atom. The van der Waals surface area contributed by atoms with Crippen molar-refractivity contribution in [3.05, 3.63) is 23.6 Å². The zero-order valence-corrected chi connectivity index (χ0v) is 14.6. The van der Waals surface area contributed by atoms with Crippen molar-refractivity contribution in [2.75, 3.05) is 5.32 Å². The molecule has 2 aromatic rings. The number of nitrogens with one attached hydrogen (secondary N) is 1. The molecule has 2 heterocycles. The van der Waals surface area contributed by atoms with Crippen LogP contribution in [0.15, 0.2) is 10.7 Å². The second-order valence-electron chi connectivity index (χ2n) is 7.91. The summed E-state index contributed by atoms with van der Waals surface area (Å²) in [5.41, 5.74) is 1.75. The normalized spacial score (nSPS) is 30.8. The third-order valence-electron chi connectivity index (χ3n) is 6.40. The van der Waals surface area contributed by atoms with Crippen LogP contribution in [0, 0.1) is 24.7 Å². The van der Waals surface area contributed by atoms with Crippen LogP contribution in [0.5, 0.6) is 0 Å². The van der Waals surface area contributed by atoms with Crippen molar-refractivity contribution in [3.8, 4) is 0 Å². The second kappa shape index (κ2) is 5.41. The smallest absolute Gasteiger partial charge is 0.230 e. The summed E-state index contributed by atoms with van der Waals surface area (Å²) < 4.78 is 7.38. The lowest BCUT2D eigenvalue weighted by molar-refractivity contribution is -0.122. The van der Waals surface area contributed by atoms with Crippen LogP contribution in [-0.4, -0.2) is 25.8 Å². The highest BCUT2D eigenvalue weighted by atomic mass is 16.5. The molecule has 5 rings (SSSR count). The molecule has 7 nitrogen and oxygen atoms in total. The van der Waals surface area contributed by atoms with Gasteiger partial charge in [-0.1, -0.05) is 5.16 Å². The molecular weight excluding hydrogens is 318 g/mol. The highest BCUT2D eigenvalue weighted by Gasteiger charge is 2.53. The Hall–Kier alpha value is -2.18. The zero-order chi connectivity index (χ0) is 17.1.